The SMILES string of the molecule is COc1ccc([C@@H]2[C@H](C(=O)c3ccccc3)C(=O)C[C@@](C)(O)[C@H]2C(=O)c2ccccc2)cc1. The third-order valence-corrected chi connectivity index (χ3v) is 6.45. The van der Waals surface area contributed by atoms with Crippen LogP contribution in [0.1, 0.15) is 45.5 Å². The minimum absolute atomic E-state index is 0.272. The Morgan fingerprint density at radius 2 is 1.36 bits per heavy atom. The molecule has 1 saturated carbocycles. The molecule has 4 atom stereocenters. The second-order valence-electron chi connectivity index (χ2n) is 8.72. The monoisotopic (exact) mass is 442 g/mol. The Morgan fingerprint density at radius 1 is 0.848 bits per heavy atom. The molecule has 1 fully saturated rings. The molecule has 0 aromatic heterocycles. The van der Waals surface area contributed by atoms with E-state index in [1.165, 1.54) is 6.92 Å². The van der Waals surface area contributed by atoms with Gasteiger partial charge in [0.25, 0.3) is 0 Å². The number of methoxy groups -OCH3 is 1. The average Bonchev–Trinajstić information content (AvgIpc) is 2.83. The smallest absolute Gasteiger partial charge is 0.173 e. The summed E-state index contributed by atoms with van der Waals surface area (Å²) < 4.78 is 5.26. The van der Waals surface area contributed by atoms with Gasteiger partial charge in [0.15, 0.2) is 11.6 Å². The van der Waals surface area contributed by atoms with Crippen molar-refractivity contribution in [2.24, 2.45) is 11.8 Å². The lowest BCUT2D eigenvalue weighted by atomic mass is 9.58. The molecule has 0 amide bonds. The standard InChI is InChI=1S/C28H26O5/c1-28(32)17-22(29)24(26(30)19-9-5-3-6-10-19)23(18-13-15-21(33-2)16-14-18)25(28)27(31)20-11-7-4-8-12-20/h3-16,23-25,32H,17H2,1-2H3/t23-,24-,25-,28-/m1/s1. The highest BCUT2D eigenvalue weighted by atomic mass is 16.5. The van der Waals surface area contributed by atoms with Crippen molar-refractivity contribution in [2.45, 2.75) is 24.9 Å². The largest absolute Gasteiger partial charge is 0.497 e. The second-order valence-corrected chi connectivity index (χ2v) is 8.72. The summed E-state index contributed by atoms with van der Waals surface area (Å²) in [6.07, 6.45) is -0.272. The molecule has 0 heterocycles. The highest BCUT2D eigenvalue weighted by Crippen LogP contribution is 2.48. The van der Waals surface area contributed by atoms with E-state index in [0.717, 1.165) is 0 Å². The average molecular weight is 443 g/mol. The summed E-state index contributed by atoms with van der Waals surface area (Å²) in [5, 5.41) is 11.4. The lowest BCUT2D eigenvalue weighted by Crippen LogP contribution is -2.54. The first-order valence-corrected chi connectivity index (χ1v) is 10.9. The Kier molecular flexibility index (Phi) is 6.25. The molecular weight excluding hydrogens is 416 g/mol. The van der Waals surface area contributed by atoms with E-state index < -0.39 is 23.4 Å². The predicted octanol–water partition coefficient (Wildman–Crippen LogP) is 4.50. The molecular formula is C28H26O5. The fraction of sp³-hybridized carbons (Fsp3) is 0.250. The Balaban J connectivity index is 1.88. The molecule has 0 unspecified atom stereocenters. The van der Waals surface area contributed by atoms with Crippen molar-refractivity contribution < 1.29 is 24.2 Å². The molecule has 168 valence electrons. The molecule has 0 spiro atoms. The number of carbonyl (C=O) groups excluding carboxylic acids is 3. The molecule has 0 aliphatic heterocycles. The number of rotatable bonds is 6. The Labute approximate surface area is 193 Å². The van der Waals surface area contributed by atoms with Crippen LogP contribution in [0.15, 0.2) is 84.9 Å². The van der Waals surface area contributed by atoms with E-state index in [4.69, 9.17) is 4.74 Å². The van der Waals surface area contributed by atoms with E-state index in [1.54, 1.807) is 86.0 Å². The van der Waals surface area contributed by atoms with Gasteiger partial charge in [-0.2, -0.15) is 0 Å². The predicted molar refractivity (Wildman–Crippen MR) is 125 cm³/mol. The van der Waals surface area contributed by atoms with E-state index >= 15 is 0 Å². The van der Waals surface area contributed by atoms with Crippen molar-refractivity contribution in [2.75, 3.05) is 7.11 Å². The van der Waals surface area contributed by atoms with Crippen molar-refractivity contribution in [1.29, 1.82) is 0 Å². The van der Waals surface area contributed by atoms with Gasteiger partial charge in [0.2, 0.25) is 0 Å². The van der Waals surface area contributed by atoms with Gasteiger partial charge in [0, 0.05) is 23.5 Å². The summed E-state index contributed by atoms with van der Waals surface area (Å²) in [5.41, 5.74) is -0.140. The minimum Gasteiger partial charge on any atom is -0.497 e. The van der Waals surface area contributed by atoms with Gasteiger partial charge in [0.1, 0.15) is 11.5 Å². The van der Waals surface area contributed by atoms with Gasteiger partial charge >= 0.3 is 0 Å². The molecule has 33 heavy (non-hydrogen) atoms. The van der Waals surface area contributed by atoms with E-state index in [9.17, 15) is 19.5 Å². The second kappa shape index (κ2) is 9.12. The van der Waals surface area contributed by atoms with E-state index in [2.05, 4.69) is 0 Å². The number of aliphatic hydroxyl groups is 1. The van der Waals surface area contributed by atoms with Crippen molar-refractivity contribution >= 4 is 17.3 Å². The maximum Gasteiger partial charge on any atom is 0.173 e. The van der Waals surface area contributed by atoms with Crippen LogP contribution in [0, 0.1) is 11.8 Å². The summed E-state index contributed by atoms with van der Waals surface area (Å²) >= 11 is 0. The third-order valence-electron chi connectivity index (χ3n) is 6.45. The maximum atomic E-state index is 13.7. The van der Waals surface area contributed by atoms with Crippen molar-refractivity contribution in [3.05, 3.63) is 102 Å². The molecule has 5 heteroatoms. The Bertz CT molecular complexity index is 1150. The van der Waals surface area contributed by atoms with E-state index in [-0.39, 0.29) is 23.8 Å². The van der Waals surface area contributed by atoms with Gasteiger partial charge in [-0.1, -0.05) is 72.8 Å². The molecule has 5 nitrogen and oxygen atoms in total. The quantitative estimate of drug-likeness (QED) is 0.449. The van der Waals surface area contributed by atoms with Crippen LogP contribution in [0.25, 0.3) is 0 Å². The number of Topliss-reactive ketones (excluding diaryl/α,β-unsaturated/α-hetero) is 3. The topological polar surface area (TPSA) is 80.7 Å². The summed E-state index contributed by atoms with van der Waals surface area (Å²) in [5.74, 6) is -3.28. The van der Waals surface area contributed by atoms with Crippen LogP contribution in [0.2, 0.25) is 0 Å². The minimum atomic E-state index is -1.61. The van der Waals surface area contributed by atoms with Gasteiger partial charge in [-0.3, -0.25) is 14.4 Å². The normalized spacial score (nSPS) is 24.8. The maximum absolute atomic E-state index is 13.7. The Morgan fingerprint density at radius 3 is 1.88 bits per heavy atom. The molecule has 3 aromatic rings. The molecule has 1 aliphatic rings. The highest BCUT2D eigenvalue weighted by molar-refractivity contribution is 6.13. The lowest BCUT2D eigenvalue weighted by molar-refractivity contribution is -0.134. The first kappa shape index (κ1) is 22.6. The van der Waals surface area contributed by atoms with Crippen LogP contribution >= 0.6 is 0 Å². The first-order chi connectivity index (χ1) is 15.8. The molecule has 1 N–H and O–H groups in total. The van der Waals surface area contributed by atoms with Crippen LogP contribution < -0.4 is 4.74 Å². The summed E-state index contributed by atoms with van der Waals surface area (Å²) in [6, 6.07) is 24.3. The molecule has 0 saturated heterocycles. The van der Waals surface area contributed by atoms with Gasteiger partial charge < -0.3 is 9.84 Å². The fourth-order valence-electron chi connectivity index (χ4n) is 4.88. The van der Waals surface area contributed by atoms with Crippen LogP contribution in [0.4, 0.5) is 0 Å². The summed E-state index contributed by atoms with van der Waals surface area (Å²) in [4.78, 5) is 40.6. The van der Waals surface area contributed by atoms with Crippen molar-refractivity contribution in [1.82, 2.24) is 0 Å². The lowest BCUT2D eigenvalue weighted by Gasteiger charge is -2.45. The third kappa shape index (κ3) is 4.37. The first-order valence-electron chi connectivity index (χ1n) is 10.9. The molecule has 1 aliphatic carbocycles. The van der Waals surface area contributed by atoms with Gasteiger partial charge in [-0.15, -0.1) is 0 Å². The van der Waals surface area contributed by atoms with Gasteiger partial charge in [0.05, 0.1) is 24.5 Å². The number of hydrogen-bond acceptors (Lipinski definition) is 5. The van der Waals surface area contributed by atoms with Gasteiger partial charge in [-0.05, 0) is 24.6 Å². The zero-order chi connectivity index (χ0) is 23.6. The molecule has 3 aromatic carbocycles. The van der Waals surface area contributed by atoms with E-state index in [1.807, 2.05) is 6.07 Å². The van der Waals surface area contributed by atoms with Crippen molar-refractivity contribution in [3.8, 4) is 5.75 Å². The molecule has 4 rings (SSSR count). The Hall–Kier alpha value is -3.57. The van der Waals surface area contributed by atoms with Crippen LogP contribution in [-0.2, 0) is 4.79 Å². The fourth-order valence-corrected chi connectivity index (χ4v) is 4.88. The number of ketones is 3. The van der Waals surface area contributed by atoms with E-state index in [0.29, 0.717) is 22.4 Å². The van der Waals surface area contributed by atoms with Crippen molar-refractivity contribution in [3.63, 3.8) is 0 Å². The summed E-state index contributed by atoms with van der Waals surface area (Å²) in [7, 11) is 1.55. The molecule has 0 bridgehead atoms. The van der Waals surface area contributed by atoms with Crippen LogP contribution in [-0.4, -0.2) is 35.2 Å². The van der Waals surface area contributed by atoms with Gasteiger partial charge in [-0.25, -0.2) is 0 Å². The molecule has 0 radical (unpaired) electrons. The summed E-state index contributed by atoms with van der Waals surface area (Å²) in [6.45, 7) is 1.51. The van der Waals surface area contributed by atoms with Crippen LogP contribution in [0.5, 0.6) is 5.75 Å². The zero-order valence-electron chi connectivity index (χ0n) is 18.6. The number of carbonyl (C=O) groups is 3. The zero-order valence-corrected chi connectivity index (χ0v) is 18.6. The highest BCUT2D eigenvalue weighted by Gasteiger charge is 2.55. The number of benzene rings is 3. The van der Waals surface area contributed by atoms with Crippen LogP contribution in [0.3, 0.4) is 0 Å². The number of hydrogen-bond donors (Lipinski definition) is 1. The number of ether oxygens (including phenoxy) is 1.